The summed E-state index contributed by atoms with van der Waals surface area (Å²) in [5.74, 6) is -0.0530. The summed E-state index contributed by atoms with van der Waals surface area (Å²) < 4.78 is 1.79. The lowest BCUT2D eigenvalue weighted by atomic mass is 10.2. The van der Waals surface area contributed by atoms with Crippen molar-refractivity contribution in [2.45, 2.75) is 13.3 Å². The monoisotopic (exact) mass is 286 g/mol. The highest BCUT2D eigenvalue weighted by atomic mass is 32.1. The first-order valence-corrected chi connectivity index (χ1v) is 7.19. The maximum absolute atomic E-state index is 11.9. The quantitative estimate of drug-likeness (QED) is 0.798. The largest absolute Gasteiger partial charge is 0.352 e. The Balaban J connectivity index is 1.57. The van der Waals surface area contributed by atoms with Crippen LogP contribution in [0.1, 0.15) is 21.1 Å². The van der Waals surface area contributed by atoms with Crippen LogP contribution in [0.2, 0.25) is 0 Å². The molecule has 1 N–H and O–H groups in total. The Labute approximate surface area is 120 Å². The fourth-order valence-electron chi connectivity index (χ4n) is 1.93. The molecule has 20 heavy (non-hydrogen) atoms. The fourth-order valence-corrected chi connectivity index (χ4v) is 2.85. The molecule has 0 saturated heterocycles. The van der Waals surface area contributed by atoms with Crippen LogP contribution in [-0.4, -0.2) is 27.0 Å². The summed E-state index contributed by atoms with van der Waals surface area (Å²) in [6.07, 6.45) is 2.61. The van der Waals surface area contributed by atoms with Crippen LogP contribution >= 0.6 is 11.3 Å². The van der Waals surface area contributed by atoms with Gasteiger partial charge in [-0.15, -0.1) is 0 Å². The first-order valence-electron chi connectivity index (χ1n) is 6.37. The van der Waals surface area contributed by atoms with Crippen molar-refractivity contribution in [2.75, 3.05) is 6.54 Å². The SMILES string of the molecule is Cc1cn2nc(CCNC(=O)c3ccccc3)sc2n1. The van der Waals surface area contributed by atoms with E-state index in [0.717, 1.165) is 15.7 Å². The minimum atomic E-state index is -0.0530. The number of hydrogen-bond acceptors (Lipinski definition) is 4. The Bertz CT molecular complexity index is 701. The van der Waals surface area contributed by atoms with E-state index in [2.05, 4.69) is 15.4 Å². The van der Waals surface area contributed by atoms with Crippen molar-refractivity contribution in [2.24, 2.45) is 0 Å². The second-order valence-electron chi connectivity index (χ2n) is 4.48. The highest BCUT2D eigenvalue weighted by molar-refractivity contribution is 7.16. The zero-order valence-electron chi connectivity index (χ0n) is 11.0. The lowest BCUT2D eigenvalue weighted by molar-refractivity contribution is 0.0954. The van der Waals surface area contributed by atoms with Gasteiger partial charge in [-0.3, -0.25) is 4.79 Å². The second kappa shape index (κ2) is 5.42. The number of benzene rings is 1. The lowest BCUT2D eigenvalue weighted by Gasteiger charge is -2.03. The zero-order chi connectivity index (χ0) is 13.9. The van der Waals surface area contributed by atoms with Gasteiger partial charge in [0.05, 0.1) is 11.9 Å². The van der Waals surface area contributed by atoms with Crippen molar-refractivity contribution in [3.8, 4) is 0 Å². The normalized spacial score (nSPS) is 10.8. The molecule has 1 amide bonds. The van der Waals surface area contributed by atoms with Crippen LogP contribution in [0.4, 0.5) is 0 Å². The van der Waals surface area contributed by atoms with Gasteiger partial charge in [0, 0.05) is 18.5 Å². The van der Waals surface area contributed by atoms with E-state index in [-0.39, 0.29) is 5.91 Å². The first-order chi connectivity index (χ1) is 9.72. The van der Waals surface area contributed by atoms with Crippen molar-refractivity contribution < 1.29 is 4.79 Å². The van der Waals surface area contributed by atoms with Crippen molar-refractivity contribution in [1.82, 2.24) is 19.9 Å². The Hall–Kier alpha value is -2.21. The van der Waals surface area contributed by atoms with Gasteiger partial charge in [-0.25, -0.2) is 9.50 Å². The third-order valence-electron chi connectivity index (χ3n) is 2.87. The van der Waals surface area contributed by atoms with E-state index in [4.69, 9.17) is 0 Å². The summed E-state index contributed by atoms with van der Waals surface area (Å²) in [6, 6.07) is 9.20. The van der Waals surface area contributed by atoms with E-state index in [0.29, 0.717) is 18.5 Å². The summed E-state index contributed by atoms with van der Waals surface area (Å²) in [5, 5.41) is 8.29. The third-order valence-corrected chi connectivity index (χ3v) is 3.85. The Morgan fingerprint density at radius 2 is 2.15 bits per heavy atom. The van der Waals surface area contributed by atoms with Crippen LogP contribution < -0.4 is 5.32 Å². The fraction of sp³-hybridized carbons (Fsp3) is 0.214. The van der Waals surface area contributed by atoms with Crippen molar-refractivity contribution >= 4 is 22.2 Å². The number of hydrogen-bond donors (Lipinski definition) is 1. The molecule has 1 aromatic carbocycles. The van der Waals surface area contributed by atoms with Gasteiger partial charge in [-0.2, -0.15) is 5.10 Å². The van der Waals surface area contributed by atoms with Gasteiger partial charge in [0.15, 0.2) is 0 Å². The Morgan fingerprint density at radius 3 is 2.90 bits per heavy atom. The van der Waals surface area contributed by atoms with Crippen molar-refractivity contribution in [1.29, 1.82) is 0 Å². The van der Waals surface area contributed by atoms with Gasteiger partial charge in [0.25, 0.3) is 5.91 Å². The first kappa shape index (κ1) is 12.8. The number of rotatable bonds is 4. The van der Waals surface area contributed by atoms with Gasteiger partial charge in [0.2, 0.25) is 4.96 Å². The van der Waals surface area contributed by atoms with Crippen molar-refractivity contribution in [3.63, 3.8) is 0 Å². The molecule has 0 radical (unpaired) electrons. The van der Waals surface area contributed by atoms with E-state index in [9.17, 15) is 4.79 Å². The minimum Gasteiger partial charge on any atom is -0.352 e. The number of carbonyl (C=O) groups is 1. The van der Waals surface area contributed by atoms with Crippen LogP contribution in [0.3, 0.4) is 0 Å². The summed E-state index contributed by atoms with van der Waals surface area (Å²) in [7, 11) is 0. The zero-order valence-corrected chi connectivity index (χ0v) is 11.9. The average Bonchev–Trinajstić information content (AvgIpc) is 2.96. The standard InChI is InChI=1S/C14H14N4OS/c1-10-9-18-14(16-10)20-12(17-18)7-8-15-13(19)11-5-3-2-4-6-11/h2-6,9H,7-8H2,1H3,(H,15,19). The molecule has 2 heterocycles. The molecule has 0 unspecified atom stereocenters. The molecule has 6 heteroatoms. The molecule has 2 aromatic heterocycles. The molecule has 0 saturated carbocycles. The summed E-state index contributed by atoms with van der Waals surface area (Å²) in [6.45, 7) is 2.52. The molecule has 0 aliphatic carbocycles. The van der Waals surface area contributed by atoms with Gasteiger partial charge < -0.3 is 5.32 Å². The summed E-state index contributed by atoms with van der Waals surface area (Å²) >= 11 is 1.56. The molecular formula is C14H14N4OS. The number of aryl methyl sites for hydroxylation is 1. The maximum Gasteiger partial charge on any atom is 0.251 e. The Morgan fingerprint density at radius 1 is 1.35 bits per heavy atom. The number of nitrogens with one attached hydrogen (secondary N) is 1. The highest BCUT2D eigenvalue weighted by Crippen LogP contribution is 2.14. The van der Waals surface area contributed by atoms with Crippen LogP contribution in [0.25, 0.3) is 4.96 Å². The van der Waals surface area contributed by atoms with Gasteiger partial charge >= 0.3 is 0 Å². The smallest absolute Gasteiger partial charge is 0.251 e. The molecule has 0 spiro atoms. The van der Waals surface area contributed by atoms with Gasteiger partial charge in [-0.1, -0.05) is 29.5 Å². The number of imidazole rings is 1. The summed E-state index contributed by atoms with van der Waals surface area (Å²) in [5.41, 5.74) is 1.64. The molecule has 102 valence electrons. The number of carbonyl (C=O) groups excluding carboxylic acids is 1. The molecule has 0 bridgehead atoms. The second-order valence-corrected chi connectivity index (χ2v) is 5.52. The van der Waals surface area contributed by atoms with Gasteiger partial charge in [0.1, 0.15) is 5.01 Å². The topological polar surface area (TPSA) is 59.3 Å². The molecule has 0 aliphatic heterocycles. The minimum absolute atomic E-state index is 0.0530. The molecule has 3 aromatic rings. The average molecular weight is 286 g/mol. The molecule has 3 rings (SSSR count). The maximum atomic E-state index is 11.9. The van der Waals surface area contributed by atoms with E-state index >= 15 is 0 Å². The van der Waals surface area contributed by atoms with Crippen molar-refractivity contribution in [3.05, 3.63) is 52.8 Å². The molecule has 0 fully saturated rings. The van der Waals surface area contributed by atoms with E-state index in [1.54, 1.807) is 28.0 Å². The number of nitrogens with zero attached hydrogens (tertiary/aromatic N) is 3. The highest BCUT2D eigenvalue weighted by Gasteiger charge is 2.07. The van der Waals surface area contributed by atoms with Gasteiger partial charge in [-0.05, 0) is 19.1 Å². The van der Waals surface area contributed by atoms with Crippen LogP contribution in [0, 0.1) is 6.92 Å². The lowest BCUT2D eigenvalue weighted by Crippen LogP contribution is -2.25. The third kappa shape index (κ3) is 2.70. The Kier molecular flexibility index (Phi) is 3.47. The molecular weight excluding hydrogens is 272 g/mol. The molecule has 5 nitrogen and oxygen atoms in total. The molecule has 0 atom stereocenters. The van der Waals surface area contributed by atoms with Crippen LogP contribution in [0.15, 0.2) is 36.5 Å². The van der Waals surface area contributed by atoms with E-state index in [1.807, 2.05) is 31.3 Å². The molecule has 0 aliphatic rings. The number of amides is 1. The number of aromatic nitrogens is 3. The predicted octanol–water partition coefficient (Wildman–Crippen LogP) is 2.07. The van der Waals surface area contributed by atoms with E-state index < -0.39 is 0 Å². The summed E-state index contributed by atoms with van der Waals surface area (Å²) in [4.78, 5) is 17.1. The number of fused-ring (bicyclic) bond motifs is 1. The van der Waals surface area contributed by atoms with Crippen LogP contribution in [-0.2, 0) is 6.42 Å². The van der Waals surface area contributed by atoms with E-state index in [1.165, 1.54) is 0 Å². The predicted molar refractivity (Wildman–Crippen MR) is 78.1 cm³/mol. The van der Waals surface area contributed by atoms with Crippen LogP contribution in [0.5, 0.6) is 0 Å².